The van der Waals surface area contributed by atoms with Crippen LogP contribution in [0.15, 0.2) is 28.9 Å². The topological polar surface area (TPSA) is 90.3 Å². The fourth-order valence-corrected chi connectivity index (χ4v) is 3.25. The lowest BCUT2D eigenvalue weighted by Gasteiger charge is -2.05. The highest BCUT2D eigenvalue weighted by Crippen LogP contribution is 2.40. The summed E-state index contributed by atoms with van der Waals surface area (Å²) in [5.41, 5.74) is 1.16. The number of nitriles is 1. The van der Waals surface area contributed by atoms with E-state index in [9.17, 15) is 0 Å². The second kappa shape index (κ2) is 5.76. The van der Waals surface area contributed by atoms with Gasteiger partial charge in [-0.2, -0.15) is 10.4 Å². The minimum absolute atomic E-state index is 0. The molecule has 0 saturated heterocycles. The maximum absolute atomic E-state index is 8.93. The molecule has 4 rings (SSSR count). The number of halogens is 1. The van der Waals surface area contributed by atoms with Crippen molar-refractivity contribution in [3.63, 3.8) is 0 Å². The molecule has 0 aliphatic heterocycles. The van der Waals surface area contributed by atoms with Gasteiger partial charge in [-0.3, -0.25) is 5.10 Å². The normalized spacial score (nSPS) is 13.7. The molecule has 1 saturated carbocycles. The van der Waals surface area contributed by atoms with Gasteiger partial charge in [-0.05, 0) is 40.9 Å². The number of nitrogens with one attached hydrogen (secondary N) is 2. The Labute approximate surface area is 146 Å². The zero-order chi connectivity index (χ0) is 15.8. The summed E-state index contributed by atoms with van der Waals surface area (Å²) in [6.07, 6.45) is 4.15. The average Bonchev–Trinajstić information content (AvgIpc) is 3.11. The Morgan fingerprint density at radius 3 is 3.04 bits per heavy atom. The smallest absolute Gasteiger partial charge is 0.171 e. The van der Waals surface area contributed by atoms with Crippen LogP contribution in [0.4, 0.5) is 11.6 Å². The Morgan fingerprint density at radius 1 is 1.43 bits per heavy atom. The summed E-state index contributed by atoms with van der Waals surface area (Å²) < 4.78 is 0.759. The first-order chi connectivity index (χ1) is 11.2. The average molecular weight is 389 g/mol. The molecule has 1 fully saturated rings. The fourth-order valence-electron chi connectivity index (χ4n) is 2.22. The summed E-state index contributed by atoms with van der Waals surface area (Å²) in [5, 5.41) is 19.5. The van der Waals surface area contributed by atoms with Gasteiger partial charge < -0.3 is 5.32 Å². The molecule has 3 heterocycles. The lowest BCUT2D eigenvalue weighted by molar-refractivity contribution is 0.966. The third-order valence-corrected chi connectivity index (χ3v) is 5.11. The second-order valence-electron chi connectivity index (χ2n) is 5.27. The van der Waals surface area contributed by atoms with Gasteiger partial charge in [0.05, 0.1) is 9.35 Å². The van der Waals surface area contributed by atoms with Crippen LogP contribution >= 0.6 is 27.3 Å². The number of hydrogen-bond acceptors (Lipinski definition) is 6. The van der Waals surface area contributed by atoms with Crippen LogP contribution in [-0.4, -0.2) is 20.2 Å². The van der Waals surface area contributed by atoms with Crippen molar-refractivity contribution in [3.05, 3.63) is 39.4 Å². The predicted molar refractivity (Wildman–Crippen MR) is 93.7 cm³/mol. The van der Waals surface area contributed by atoms with E-state index in [-0.39, 0.29) is 1.43 Å². The molecule has 23 heavy (non-hydrogen) atoms. The Bertz CT molecular complexity index is 911. The van der Waals surface area contributed by atoms with Crippen molar-refractivity contribution < 1.29 is 1.43 Å². The fraction of sp³-hybridized carbons (Fsp3) is 0.200. The molecule has 0 unspecified atom stereocenters. The van der Waals surface area contributed by atoms with Crippen molar-refractivity contribution in [2.75, 3.05) is 5.32 Å². The molecule has 2 N–H and O–H groups in total. The molecule has 6 nitrogen and oxygen atoms in total. The lowest BCUT2D eigenvalue weighted by atomic mass is 10.3. The first-order valence-electron chi connectivity index (χ1n) is 7.08. The largest absolute Gasteiger partial charge is 0.322 e. The highest BCUT2D eigenvalue weighted by molar-refractivity contribution is 9.10. The number of thiophene rings is 1. The number of nitrogens with zero attached hydrogens (tertiary/aromatic N) is 4. The molecule has 3 aromatic rings. The van der Waals surface area contributed by atoms with E-state index in [1.807, 2.05) is 12.1 Å². The lowest BCUT2D eigenvalue weighted by Crippen LogP contribution is -1.98. The molecule has 0 aromatic carbocycles. The third-order valence-electron chi connectivity index (χ3n) is 3.54. The van der Waals surface area contributed by atoms with Gasteiger partial charge in [0, 0.05) is 25.3 Å². The van der Waals surface area contributed by atoms with Crippen LogP contribution in [0.25, 0.3) is 10.7 Å². The molecule has 0 amide bonds. The zero-order valence-corrected chi connectivity index (χ0v) is 14.3. The van der Waals surface area contributed by atoms with Gasteiger partial charge in [0.1, 0.15) is 16.8 Å². The Kier molecular flexibility index (Phi) is 3.59. The molecule has 1 aliphatic rings. The molecule has 8 heteroatoms. The summed E-state index contributed by atoms with van der Waals surface area (Å²) in [5.74, 6) is 2.59. The van der Waals surface area contributed by atoms with Gasteiger partial charge in [0.15, 0.2) is 11.6 Å². The van der Waals surface area contributed by atoms with Crippen LogP contribution in [0.2, 0.25) is 0 Å². The number of anilines is 2. The summed E-state index contributed by atoms with van der Waals surface area (Å²) >= 11 is 4.83. The number of aromatic nitrogens is 4. The number of aromatic amines is 1. The van der Waals surface area contributed by atoms with Crippen molar-refractivity contribution in [2.24, 2.45) is 0 Å². The van der Waals surface area contributed by atoms with Crippen LogP contribution in [0, 0.1) is 11.3 Å². The maximum atomic E-state index is 8.93. The first-order valence-corrected chi connectivity index (χ1v) is 8.69. The van der Waals surface area contributed by atoms with E-state index in [4.69, 9.17) is 5.26 Å². The van der Waals surface area contributed by atoms with Crippen molar-refractivity contribution in [3.8, 4) is 16.8 Å². The van der Waals surface area contributed by atoms with E-state index in [0.29, 0.717) is 22.4 Å². The summed E-state index contributed by atoms with van der Waals surface area (Å²) in [4.78, 5) is 10.4. The Hall–Kier alpha value is -2.24. The van der Waals surface area contributed by atoms with E-state index < -0.39 is 0 Å². The Balaban J connectivity index is 0.00000169. The van der Waals surface area contributed by atoms with Crippen molar-refractivity contribution >= 4 is 38.9 Å². The molecular weight excluding hydrogens is 376 g/mol. The molecule has 0 spiro atoms. The SMILES string of the molecule is N#Cc1ccc(-c2ncc(Br)c(Nc3cc(C4CC4)[nH]n3)n2)s1.[HH]. The van der Waals surface area contributed by atoms with E-state index >= 15 is 0 Å². The van der Waals surface area contributed by atoms with Gasteiger partial charge in [0.25, 0.3) is 0 Å². The van der Waals surface area contributed by atoms with E-state index in [0.717, 1.165) is 20.9 Å². The quantitative estimate of drug-likeness (QED) is 0.689. The zero-order valence-electron chi connectivity index (χ0n) is 11.9. The first kappa shape index (κ1) is 14.4. The monoisotopic (exact) mass is 388 g/mol. The summed E-state index contributed by atoms with van der Waals surface area (Å²) in [6.45, 7) is 0. The molecule has 116 valence electrons. The van der Waals surface area contributed by atoms with E-state index in [2.05, 4.69) is 47.5 Å². The van der Waals surface area contributed by atoms with Crippen LogP contribution in [0.1, 0.15) is 30.8 Å². The predicted octanol–water partition coefficient (Wildman–Crippen LogP) is 4.43. The second-order valence-corrected chi connectivity index (χ2v) is 7.21. The molecule has 0 radical (unpaired) electrons. The molecule has 0 bridgehead atoms. The van der Waals surface area contributed by atoms with Crippen LogP contribution in [0.5, 0.6) is 0 Å². The van der Waals surface area contributed by atoms with E-state index in [1.165, 1.54) is 24.2 Å². The van der Waals surface area contributed by atoms with Crippen molar-refractivity contribution in [1.29, 1.82) is 5.26 Å². The maximum Gasteiger partial charge on any atom is 0.171 e. The molecule has 3 aromatic heterocycles. The third kappa shape index (κ3) is 2.98. The molecule has 0 atom stereocenters. The van der Waals surface area contributed by atoms with Gasteiger partial charge in [-0.15, -0.1) is 11.3 Å². The minimum Gasteiger partial charge on any atom is -0.322 e. The van der Waals surface area contributed by atoms with Crippen molar-refractivity contribution in [1.82, 2.24) is 20.2 Å². The number of rotatable bonds is 4. The van der Waals surface area contributed by atoms with Crippen LogP contribution in [0.3, 0.4) is 0 Å². The Morgan fingerprint density at radius 2 is 2.30 bits per heavy atom. The van der Waals surface area contributed by atoms with Gasteiger partial charge in [-0.25, -0.2) is 9.97 Å². The van der Waals surface area contributed by atoms with Gasteiger partial charge >= 0.3 is 0 Å². The summed E-state index contributed by atoms with van der Waals surface area (Å²) in [6, 6.07) is 7.77. The minimum atomic E-state index is 0. The highest BCUT2D eigenvalue weighted by Gasteiger charge is 2.25. The van der Waals surface area contributed by atoms with Crippen molar-refractivity contribution in [2.45, 2.75) is 18.8 Å². The standard InChI is InChI=1S/C15H11BrN6S.H2/c16-10-7-18-15(12-4-3-9(6-17)23-12)20-14(10)19-13-5-11(21-22-13)8-1-2-8;/h3-5,7-8H,1-2H2,(H2,18,19,20,21,22);1H. The van der Waals surface area contributed by atoms with Crippen LogP contribution in [-0.2, 0) is 0 Å². The molecular formula is C15H13BrN6S. The van der Waals surface area contributed by atoms with Gasteiger partial charge in [0.2, 0.25) is 0 Å². The number of hydrogen-bond donors (Lipinski definition) is 2. The summed E-state index contributed by atoms with van der Waals surface area (Å²) in [7, 11) is 0. The van der Waals surface area contributed by atoms with E-state index in [1.54, 1.807) is 12.3 Å². The molecule has 1 aliphatic carbocycles. The highest BCUT2D eigenvalue weighted by atomic mass is 79.9. The van der Waals surface area contributed by atoms with Gasteiger partial charge in [-0.1, -0.05) is 0 Å². The number of H-pyrrole nitrogens is 1. The van der Waals surface area contributed by atoms with Crippen LogP contribution < -0.4 is 5.32 Å².